The zero-order valence-electron chi connectivity index (χ0n) is 11.6. The molecule has 21 heavy (non-hydrogen) atoms. The Morgan fingerprint density at radius 3 is 2.71 bits per heavy atom. The maximum Gasteiger partial charge on any atom is 0.180 e. The summed E-state index contributed by atoms with van der Waals surface area (Å²) in [5, 5.41) is 5.54. The third-order valence-corrected chi connectivity index (χ3v) is 3.71. The second-order valence-corrected chi connectivity index (χ2v) is 4.92. The molecule has 0 atom stereocenters. The highest BCUT2D eigenvalue weighted by molar-refractivity contribution is 5.87. The van der Waals surface area contributed by atoms with Crippen LogP contribution in [0.1, 0.15) is 0 Å². The minimum atomic E-state index is 0.782. The fraction of sp³-hybridized carbons (Fsp3) is 0.0588. The van der Waals surface area contributed by atoms with E-state index in [9.17, 15) is 0 Å². The zero-order chi connectivity index (χ0) is 14.2. The molecule has 4 nitrogen and oxygen atoms in total. The number of anilines is 1. The lowest BCUT2D eigenvalue weighted by Crippen LogP contribution is -1.97. The summed E-state index contributed by atoms with van der Waals surface area (Å²) in [6.07, 6.45) is 5.61. The van der Waals surface area contributed by atoms with Gasteiger partial charge in [-0.3, -0.25) is 4.40 Å². The molecule has 0 saturated heterocycles. The maximum atomic E-state index is 4.48. The van der Waals surface area contributed by atoms with E-state index in [4.69, 9.17) is 0 Å². The quantitative estimate of drug-likeness (QED) is 0.607. The Kier molecular flexibility index (Phi) is 2.60. The van der Waals surface area contributed by atoms with Crippen molar-refractivity contribution in [3.8, 4) is 11.3 Å². The molecule has 0 unspecified atom stereocenters. The van der Waals surface area contributed by atoms with Crippen molar-refractivity contribution in [1.82, 2.24) is 14.4 Å². The van der Waals surface area contributed by atoms with E-state index in [1.165, 1.54) is 10.8 Å². The van der Waals surface area contributed by atoms with Crippen LogP contribution in [0.3, 0.4) is 0 Å². The predicted molar refractivity (Wildman–Crippen MR) is 85.5 cm³/mol. The van der Waals surface area contributed by atoms with Crippen molar-refractivity contribution in [3.63, 3.8) is 0 Å². The SMILES string of the molecule is CNc1nccn2c(-c3ccc4ccccc4c3)cnc12. The molecule has 2 aromatic carbocycles. The van der Waals surface area contributed by atoms with E-state index in [0.29, 0.717) is 0 Å². The number of nitrogens with one attached hydrogen (secondary N) is 1. The fourth-order valence-corrected chi connectivity index (χ4v) is 2.66. The van der Waals surface area contributed by atoms with Crippen molar-refractivity contribution < 1.29 is 0 Å². The summed E-state index contributed by atoms with van der Waals surface area (Å²) in [5.74, 6) is 0.782. The lowest BCUT2D eigenvalue weighted by molar-refractivity contribution is 1.13. The number of hydrogen-bond acceptors (Lipinski definition) is 3. The van der Waals surface area contributed by atoms with Gasteiger partial charge in [0.25, 0.3) is 0 Å². The highest BCUT2D eigenvalue weighted by atomic mass is 15.1. The molecular weight excluding hydrogens is 260 g/mol. The Bertz CT molecular complexity index is 940. The number of nitrogens with zero attached hydrogens (tertiary/aromatic N) is 3. The van der Waals surface area contributed by atoms with E-state index in [2.05, 4.69) is 62.2 Å². The van der Waals surface area contributed by atoms with Gasteiger partial charge in [0.15, 0.2) is 11.5 Å². The number of rotatable bonds is 2. The second kappa shape index (κ2) is 4.59. The van der Waals surface area contributed by atoms with E-state index in [1.54, 1.807) is 6.20 Å². The standard InChI is InChI=1S/C17H14N4/c1-18-16-17-20-11-15(21(17)9-8-19-16)14-7-6-12-4-2-3-5-13(12)10-14/h2-11H,1H3,(H,18,19). The van der Waals surface area contributed by atoms with E-state index < -0.39 is 0 Å². The van der Waals surface area contributed by atoms with Crippen LogP contribution in [0.4, 0.5) is 5.82 Å². The van der Waals surface area contributed by atoms with Crippen LogP contribution in [0, 0.1) is 0 Å². The second-order valence-electron chi connectivity index (χ2n) is 4.92. The van der Waals surface area contributed by atoms with Crippen molar-refractivity contribution in [2.75, 3.05) is 12.4 Å². The first-order valence-corrected chi connectivity index (χ1v) is 6.86. The smallest absolute Gasteiger partial charge is 0.180 e. The number of hydrogen-bond donors (Lipinski definition) is 1. The molecule has 0 aliphatic rings. The van der Waals surface area contributed by atoms with Crippen LogP contribution in [0.5, 0.6) is 0 Å². The van der Waals surface area contributed by atoms with Crippen LogP contribution in [-0.4, -0.2) is 21.4 Å². The summed E-state index contributed by atoms with van der Waals surface area (Å²) < 4.78 is 2.06. The van der Waals surface area contributed by atoms with E-state index in [1.807, 2.05) is 19.4 Å². The third kappa shape index (κ3) is 1.84. The van der Waals surface area contributed by atoms with Gasteiger partial charge in [-0.15, -0.1) is 0 Å². The summed E-state index contributed by atoms with van der Waals surface area (Å²) >= 11 is 0. The Hall–Kier alpha value is -2.88. The number of fused-ring (bicyclic) bond motifs is 2. The number of imidazole rings is 1. The van der Waals surface area contributed by atoms with Crippen LogP contribution >= 0.6 is 0 Å². The van der Waals surface area contributed by atoms with Crippen molar-refractivity contribution in [3.05, 3.63) is 61.1 Å². The number of aromatic nitrogens is 3. The van der Waals surface area contributed by atoms with Crippen LogP contribution in [0.2, 0.25) is 0 Å². The molecule has 0 radical (unpaired) electrons. The third-order valence-electron chi connectivity index (χ3n) is 3.71. The molecule has 0 saturated carbocycles. The Balaban J connectivity index is 1.96. The molecule has 0 aliphatic heterocycles. The van der Waals surface area contributed by atoms with Crippen molar-refractivity contribution in [2.24, 2.45) is 0 Å². The highest BCUT2D eigenvalue weighted by Crippen LogP contribution is 2.26. The summed E-state index contributed by atoms with van der Waals surface area (Å²) in [7, 11) is 1.85. The van der Waals surface area contributed by atoms with Crippen LogP contribution in [0.25, 0.3) is 27.7 Å². The van der Waals surface area contributed by atoms with E-state index in [-0.39, 0.29) is 0 Å². The molecule has 102 valence electrons. The molecule has 0 bridgehead atoms. The Morgan fingerprint density at radius 1 is 1.00 bits per heavy atom. The van der Waals surface area contributed by atoms with E-state index >= 15 is 0 Å². The lowest BCUT2D eigenvalue weighted by Gasteiger charge is -2.05. The summed E-state index contributed by atoms with van der Waals surface area (Å²) in [5.41, 5.74) is 3.05. The van der Waals surface area contributed by atoms with Crippen molar-refractivity contribution in [2.45, 2.75) is 0 Å². The molecule has 1 N–H and O–H groups in total. The van der Waals surface area contributed by atoms with Crippen LogP contribution in [-0.2, 0) is 0 Å². The monoisotopic (exact) mass is 274 g/mol. The van der Waals surface area contributed by atoms with Crippen molar-refractivity contribution >= 4 is 22.2 Å². The van der Waals surface area contributed by atoms with Gasteiger partial charge in [-0.2, -0.15) is 0 Å². The largest absolute Gasteiger partial charge is 0.370 e. The minimum Gasteiger partial charge on any atom is -0.370 e. The van der Waals surface area contributed by atoms with Crippen molar-refractivity contribution in [1.29, 1.82) is 0 Å². The van der Waals surface area contributed by atoms with Gasteiger partial charge < -0.3 is 5.32 Å². The fourth-order valence-electron chi connectivity index (χ4n) is 2.66. The first-order chi connectivity index (χ1) is 10.4. The molecule has 0 fully saturated rings. The summed E-state index contributed by atoms with van der Waals surface area (Å²) in [4.78, 5) is 8.77. The predicted octanol–water partition coefficient (Wildman–Crippen LogP) is 3.59. The molecule has 4 heteroatoms. The summed E-state index contributed by atoms with van der Waals surface area (Å²) in [6.45, 7) is 0. The lowest BCUT2D eigenvalue weighted by atomic mass is 10.1. The first kappa shape index (κ1) is 11.9. The van der Waals surface area contributed by atoms with Gasteiger partial charge in [-0.1, -0.05) is 36.4 Å². The first-order valence-electron chi connectivity index (χ1n) is 6.86. The average molecular weight is 274 g/mol. The van der Waals surface area contributed by atoms with Gasteiger partial charge in [0.2, 0.25) is 0 Å². The van der Waals surface area contributed by atoms with Gasteiger partial charge in [0.1, 0.15) is 0 Å². The van der Waals surface area contributed by atoms with Gasteiger partial charge >= 0.3 is 0 Å². The highest BCUT2D eigenvalue weighted by Gasteiger charge is 2.09. The Labute approximate surface area is 122 Å². The molecular formula is C17H14N4. The normalized spacial score (nSPS) is 11.1. The summed E-state index contributed by atoms with van der Waals surface area (Å²) in [6, 6.07) is 14.8. The maximum absolute atomic E-state index is 4.48. The van der Waals surface area contributed by atoms with Gasteiger partial charge in [-0.25, -0.2) is 9.97 Å². The molecule has 2 heterocycles. The zero-order valence-corrected chi connectivity index (χ0v) is 11.6. The van der Waals surface area contributed by atoms with Crippen LogP contribution in [0.15, 0.2) is 61.1 Å². The molecule has 0 aliphatic carbocycles. The topological polar surface area (TPSA) is 42.2 Å². The van der Waals surface area contributed by atoms with Gasteiger partial charge in [-0.05, 0) is 16.8 Å². The van der Waals surface area contributed by atoms with Gasteiger partial charge in [0, 0.05) is 25.0 Å². The van der Waals surface area contributed by atoms with Gasteiger partial charge in [0.05, 0.1) is 11.9 Å². The minimum absolute atomic E-state index is 0.782. The number of benzene rings is 2. The molecule has 4 rings (SSSR count). The average Bonchev–Trinajstić information content (AvgIpc) is 2.98. The molecule has 0 spiro atoms. The molecule has 2 aromatic heterocycles. The van der Waals surface area contributed by atoms with E-state index in [0.717, 1.165) is 22.7 Å². The molecule has 4 aromatic rings. The molecule has 0 amide bonds. The van der Waals surface area contributed by atoms with Crippen LogP contribution < -0.4 is 5.32 Å². The Morgan fingerprint density at radius 2 is 1.86 bits per heavy atom.